The molecule has 0 saturated carbocycles. The molecular weight excluding hydrogens is 346 g/mol. The van der Waals surface area contributed by atoms with Crippen LogP contribution in [0.15, 0.2) is 48.5 Å². The summed E-state index contributed by atoms with van der Waals surface area (Å²) in [6.07, 6.45) is 5.97. The second kappa shape index (κ2) is 11.8. The van der Waals surface area contributed by atoms with E-state index in [-0.39, 0.29) is 5.75 Å². The zero-order valence-electron chi connectivity index (χ0n) is 18.0. The van der Waals surface area contributed by atoms with Crippen LogP contribution in [-0.4, -0.2) is 36.2 Å². The molecule has 3 rings (SSSR count). The van der Waals surface area contributed by atoms with Crippen LogP contribution >= 0.6 is 0 Å². The quantitative estimate of drug-likeness (QED) is 0.665. The molecule has 3 heteroatoms. The first-order chi connectivity index (χ1) is 13.7. The minimum atomic E-state index is 0.213. The second-order valence-electron chi connectivity index (χ2n) is 7.56. The largest absolute Gasteiger partial charge is 0.504 e. The number of aryl methyl sites for hydroxylation is 1. The molecule has 0 amide bonds. The Morgan fingerprint density at radius 1 is 1.04 bits per heavy atom. The Morgan fingerprint density at radius 3 is 2.36 bits per heavy atom. The van der Waals surface area contributed by atoms with E-state index in [4.69, 9.17) is 4.74 Å². The lowest BCUT2D eigenvalue weighted by Gasteiger charge is -2.36. The summed E-state index contributed by atoms with van der Waals surface area (Å²) < 4.78 is 5.21. The van der Waals surface area contributed by atoms with Crippen LogP contribution in [0.2, 0.25) is 0 Å². The van der Waals surface area contributed by atoms with Crippen molar-refractivity contribution in [2.24, 2.45) is 5.92 Å². The maximum atomic E-state index is 9.71. The fourth-order valence-corrected chi connectivity index (χ4v) is 3.98. The zero-order chi connectivity index (χ0) is 20.4. The highest BCUT2D eigenvalue weighted by atomic mass is 16.5. The fourth-order valence-electron chi connectivity index (χ4n) is 3.98. The van der Waals surface area contributed by atoms with Crippen LogP contribution in [-0.2, 0) is 12.8 Å². The number of piperidine rings is 1. The molecule has 1 heterocycles. The van der Waals surface area contributed by atoms with E-state index < -0.39 is 0 Å². The first kappa shape index (κ1) is 22.3. The number of rotatable bonds is 7. The highest BCUT2D eigenvalue weighted by molar-refractivity contribution is 5.41. The van der Waals surface area contributed by atoms with E-state index in [0.717, 1.165) is 18.8 Å². The summed E-state index contributed by atoms with van der Waals surface area (Å²) in [6.45, 7) is 8.75. The van der Waals surface area contributed by atoms with Crippen molar-refractivity contribution in [1.29, 1.82) is 0 Å². The fraction of sp³-hybridized carbons (Fsp3) is 0.520. The van der Waals surface area contributed by atoms with E-state index in [1.807, 2.05) is 26.0 Å². The number of phenolic OH excluding ortho intramolecular Hbond substituents is 1. The molecule has 3 nitrogen and oxygen atoms in total. The number of likely N-dealkylation sites (tertiary alicyclic amines) is 1. The third-order valence-corrected chi connectivity index (χ3v) is 5.73. The molecule has 1 aliphatic rings. The van der Waals surface area contributed by atoms with Crippen molar-refractivity contribution in [1.82, 2.24) is 4.90 Å². The van der Waals surface area contributed by atoms with Gasteiger partial charge in [-0.3, -0.25) is 0 Å². The summed E-state index contributed by atoms with van der Waals surface area (Å²) in [6, 6.07) is 17.2. The van der Waals surface area contributed by atoms with Crippen LogP contribution in [0.1, 0.15) is 51.2 Å². The molecule has 154 valence electrons. The Bertz CT molecular complexity index is 678. The first-order valence-corrected chi connectivity index (χ1v) is 10.8. The Balaban J connectivity index is 0.00000136. The maximum absolute atomic E-state index is 9.71. The topological polar surface area (TPSA) is 32.7 Å². The van der Waals surface area contributed by atoms with Crippen LogP contribution in [0.25, 0.3) is 0 Å². The van der Waals surface area contributed by atoms with Crippen molar-refractivity contribution in [3.8, 4) is 11.5 Å². The van der Waals surface area contributed by atoms with Gasteiger partial charge in [-0.25, -0.2) is 0 Å². The lowest BCUT2D eigenvalue weighted by Crippen LogP contribution is -2.40. The number of aromatic hydroxyl groups is 1. The number of phenols is 1. The lowest BCUT2D eigenvalue weighted by atomic mass is 9.89. The van der Waals surface area contributed by atoms with E-state index in [1.165, 1.54) is 43.5 Å². The SMILES string of the molecule is CC.COc1cc(CCC(C)N2CCC(Cc3ccccc3)CC2)ccc1O. The van der Waals surface area contributed by atoms with E-state index in [2.05, 4.69) is 42.2 Å². The molecule has 0 aromatic heterocycles. The van der Waals surface area contributed by atoms with Crippen LogP contribution in [0.3, 0.4) is 0 Å². The maximum Gasteiger partial charge on any atom is 0.160 e. The normalized spacial score (nSPS) is 16.1. The highest BCUT2D eigenvalue weighted by Crippen LogP contribution is 2.28. The van der Waals surface area contributed by atoms with Gasteiger partial charge < -0.3 is 14.7 Å². The number of benzene rings is 2. The molecular formula is C25H37NO2. The Labute approximate surface area is 171 Å². The van der Waals surface area contributed by atoms with Crippen LogP contribution in [0, 0.1) is 5.92 Å². The molecule has 1 atom stereocenters. The number of nitrogens with zero attached hydrogens (tertiary/aromatic N) is 1. The first-order valence-electron chi connectivity index (χ1n) is 10.8. The number of methoxy groups -OCH3 is 1. The van der Waals surface area contributed by atoms with Gasteiger partial charge in [-0.15, -0.1) is 0 Å². The molecule has 0 spiro atoms. The van der Waals surface area contributed by atoms with Crippen LogP contribution < -0.4 is 4.74 Å². The number of hydrogen-bond acceptors (Lipinski definition) is 3. The smallest absolute Gasteiger partial charge is 0.160 e. The van der Waals surface area contributed by atoms with Gasteiger partial charge in [-0.2, -0.15) is 0 Å². The summed E-state index contributed by atoms with van der Waals surface area (Å²) in [5.41, 5.74) is 2.70. The van der Waals surface area contributed by atoms with E-state index in [0.29, 0.717) is 11.8 Å². The minimum Gasteiger partial charge on any atom is -0.504 e. The van der Waals surface area contributed by atoms with Gasteiger partial charge in [0, 0.05) is 6.04 Å². The van der Waals surface area contributed by atoms with Gasteiger partial charge in [0.2, 0.25) is 0 Å². The summed E-state index contributed by atoms with van der Waals surface area (Å²) in [5, 5.41) is 9.71. The highest BCUT2D eigenvalue weighted by Gasteiger charge is 2.22. The lowest BCUT2D eigenvalue weighted by molar-refractivity contribution is 0.135. The zero-order valence-corrected chi connectivity index (χ0v) is 18.0. The van der Waals surface area contributed by atoms with Crippen molar-refractivity contribution < 1.29 is 9.84 Å². The molecule has 2 aromatic rings. The monoisotopic (exact) mass is 383 g/mol. The second-order valence-corrected chi connectivity index (χ2v) is 7.56. The van der Waals surface area contributed by atoms with E-state index in [1.54, 1.807) is 13.2 Å². The summed E-state index contributed by atoms with van der Waals surface area (Å²) >= 11 is 0. The predicted octanol–water partition coefficient (Wildman–Crippen LogP) is 5.70. The van der Waals surface area contributed by atoms with Gasteiger partial charge in [0.05, 0.1) is 7.11 Å². The van der Waals surface area contributed by atoms with Crippen LogP contribution in [0.5, 0.6) is 11.5 Å². The molecule has 0 bridgehead atoms. The van der Waals surface area contributed by atoms with Gasteiger partial charge in [0.15, 0.2) is 11.5 Å². The third kappa shape index (κ3) is 6.56. The third-order valence-electron chi connectivity index (χ3n) is 5.73. The Kier molecular flexibility index (Phi) is 9.36. The van der Waals surface area contributed by atoms with Crippen molar-refractivity contribution in [3.63, 3.8) is 0 Å². The van der Waals surface area contributed by atoms with Gasteiger partial charge >= 0.3 is 0 Å². The van der Waals surface area contributed by atoms with Crippen molar-refractivity contribution in [2.75, 3.05) is 20.2 Å². The molecule has 0 aliphatic carbocycles. The molecule has 28 heavy (non-hydrogen) atoms. The van der Waals surface area contributed by atoms with E-state index >= 15 is 0 Å². The van der Waals surface area contributed by atoms with Crippen molar-refractivity contribution in [3.05, 3.63) is 59.7 Å². The predicted molar refractivity (Wildman–Crippen MR) is 118 cm³/mol. The molecule has 1 fully saturated rings. The molecule has 2 aromatic carbocycles. The minimum absolute atomic E-state index is 0.213. The van der Waals surface area contributed by atoms with Crippen LogP contribution in [0.4, 0.5) is 0 Å². The van der Waals surface area contributed by atoms with Gasteiger partial charge in [0.1, 0.15) is 0 Å². The molecule has 1 N–H and O–H groups in total. The molecule has 1 unspecified atom stereocenters. The molecule has 0 radical (unpaired) electrons. The number of ether oxygens (including phenoxy) is 1. The molecule has 1 saturated heterocycles. The van der Waals surface area contributed by atoms with Gasteiger partial charge in [-0.05, 0) is 81.3 Å². The van der Waals surface area contributed by atoms with Crippen molar-refractivity contribution in [2.45, 2.75) is 58.9 Å². The molecule has 1 aliphatic heterocycles. The number of hydrogen-bond donors (Lipinski definition) is 1. The summed E-state index contributed by atoms with van der Waals surface area (Å²) in [5.74, 6) is 1.60. The standard InChI is InChI=1S/C23H31NO2.C2H6/c1-18(8-9-20-10-11-22(25)23(17-20)26-2)24-14-12-21(13-15-24)16-19-6-4-3-5-7-19;1-2/h3-7,10-11,17-18,21,25H,8-9,12-16H2,1-2H3;1-2H3. The Morgan fingerprint density at radius 2 is 1.71 bits per heavy atom. The van der Waals surface area contributed by atoms with E-state index in [9.17, 15) is 5.11 Å². The average molecular weight is 384 g/mol. The summed E-state index contributed by atoms with van der Waals surface area (Å²) in [4.78, 5) is 2.64. The Hall–Kier alpha value is -2.00. The summed E-state index contributed by atoms with van der Waals surface area (Å²) in [7, 11) is 1.60. The van der Waals surface area contributed by atoms with Gasteiger partial charge in [-0.1, -0.05) is 50.2 Å². The van der Waals surface area contributed by atoms with Crippen molar-refractivity contribution >= 4 is 0 Å². The average Bonchev–Trinajstić information content (AvgIpc) is 2.75. The van der Waals surface area contributed by atoms with Gasteiger partial charge in [0.25, 0.3) is 0 Å².